The SMILES string of the molecule is CCNC1CCC2(CC1N(C)CC(F)F)OCCO2. The monoisotopic (exact) mass is 278 g/mol. The Balaban J connectivity index is 2.03. The summed E-state index contributed by atoms with van der Waals surface area (Å²) in [4.78, 5) is 1.74. The van der Waals surface area contributed by atoms with Crippen LogP contribution in [0.3, 0.4) is 0 Å². The third-order valence-corrected chi connectivity index (χ3v) is 4.09. The van der Waals surface area contributed by atoms with Gasteiger partial charge in [-0.3, -0.25) is 4.90 Å². The van der Waals surface area contributed by atoms with E-state index in [0.717, 1.165) is 19.4 Å². The molecule has 112 valence electrons. The quantitative estimate of drug-likeness (QED) is 0.825. The number of hydrogen-bond acceptors (Lipinski definition) is 4. The molecule has 0 bridgehead atoms. The maximum atomic E-state index is 12.6. The highest BCUT2D eigenvalue weighted by Crippen LogP contribution is 2.37. The average Bonchev–Trinajstić information content (AvgIpc) is 2.79. The molecule has 1 N–H and O–H groups in total. The van der Waals surface area contributed by atoms with Crippen molar-refractivity contribution in [2.45, 2.75) is 50.5 Å². The number of halogens is 2. The van der Waals surface area contributed by atoms with E-state index in [1.165, 1.54) is 0 Å². The van der Waals surface area contributed by atoms with Gasteiger partial charge in [-0.2, -0.15) is 0 Å². The lowest BCUT2D eigenvalue weighted by atomic mass is 9.84. The number of alkyl halides is 2. The Hall–Kier alpha value is -0.300. The van der Waals surface area contributed by atoms with Crippen molar-refractivity contribution in [1.29, 1.82) is 0 Å². The van der Waals surface area contributed by atoms with E-state index in [2.05, 4.69) is 5.32 Å². The lowest BCUT2D eigenvalue weighted by molar-refractivity contribution is -0.193. The van der Waals surface area contributed by atoms with Crippen molar-refractivity contribution in [3.05, 3.63) is 0 Å². The van der Waals surface area contributed by atoms with Gasteiger partial charge in [0.25, 0.3) is 6.43 Å². The molecule has 2 rings (SSSR count). The minimum absolute atomic E-state index is 0.0285. The molecule has 0 aromatic rings. The van der Waals surface area contributed by atoms with Crippen LogP contribution in [0, 0.1) is 0 Å². The van der Waals surface area contributed by atoms with Crippen LogP contribution in [0.4, 0.5) is 8.78 Å². The van der Waals surface area contributed by atoms with Gasteiger partial charge in [0.2, 0.25) is 0 Å². The number of hydrogen-bond donors (Lipinski definition) is 1. The molecule has 1 aliphatic heterocycles. The second-order valence-corrected chi connectivity index (χ2v) is 5.41. The van der Waals surface area contributed by atoms with Crippen LogP contribution in [0.1, 0.15) is 26.2 Å². The first kappa shape index (κ1) is 15.1. The van der Waals surface area contributed by atoms with Crippen molar-refractivity contribution >= 4 is 0 Å². The number of nitrogens with one attached hydrogen (secondary N) is 1. The van der Waals surface area contributed by atoms with E-state index in [1.54, 1.807) is 11.9 Å². The van der Waals surface area contributed by atoms with Gasteiger partial charge < -0.3 is 14.8 Å². The van der Waals surface area contributed by atoms with Crippen molar-refractivity contribution < 1.29 is 18.3 Å². The molecule has 1 saturated heterocycles. The normalized spacial score (nSPS) is 30.6. The number of ether oxygens (including phenoxy) is 2. The molecule has 6 heteroatoms. The number of rotatable bonds is 5. The van der Waals surface area contributed by atoms with Gasteiger partial charge in [0.15, 0.2) is 5.79 Å². The first-order valence-corrected chi connectivity index (χ1v) is 7.06. The summed E-state index contributed by atoms with van der Waals surface area (Å²) in [6.45, 7) is 3.90. The van der Waals surface area contributed by atoms with Crippen LogP contribution in [0.25, 0.3) is 0 Å². The molecule has 2 unspecified atom stereocenters. The number of likely N-dealkylation sites (N-methyl/N-ethyl adjacent to an activating group) is 2. The molecule has 0 aromatic carbocycles. The van der Waals surface area contributed by atoms with Crippen molar-refractivity contribution in [3.8, 4) is 0 Å². The van der Waals surface area contributed by atoms with Crippen LogP contribution in [-0.4, -0.2) is 62.5 Å². The van der Waals surface area contributed by atoms with E-state index in [-0.39, 0.29) is 18.6 Å². The molecule has 2 atom stereocenters. The Bertz CT molecular complexity index is 286. The van der Waals surface area contributed by atoms with Crippen LogP contribution >= 0.6 is 0 Å². The molecule has 1 aliphatic carbocycles. The highest BCUT2D eigenvalue weighted by molar-refractivity contribution is 4.95. The van der Waals surface area contributed by atoms with Gasteiger partial charge in [-0.1, -0.05) is 6.92 Å². The Labute approximate surface area is 113 Å². The molecule has 1 heterocycles. The minimum atomic E-state index is -2.31. The molecule has 4 nitrogen and oxygen atoms in total. The Morgan fingerprint density at radius 3 is 2.63 bits per heavy atom. The van der Waals surface area contributed by atoms with Gasteiger partial charge in [-0.05, 0) is 20.0 Å². The molecule has 2 aliphatic rings. The fourth-order valence-corrected chi connectivity index (χ4v) is 3.21. The highest BCUT2D eigenvalue weighted by atomic mass is 19.3. The van der Waals surface area contributed by atoms with Crippen LogP contribution in [0.2, 0.25) is 0 Å². The summed E-state index contributed by atoms with van der Waals surface area (Å²) in [6.07, 6.45) is 0.0829. The lowest BCUT2D eigenvalue weighted by Gasteiger charge is -2.45. The zero-order valence-corrected chi connectivity index (χ0v) is 11.7. The largest absolute Gasteiger partial charge is 0.347 e. The predicted octanol–water partition coefficient (Wildman–Crippen LogP) is 1.46. The third kappa shape index (κ3) is 3.62. The maximum absolute atomic E-state index is 12.6. The van der Waals surface area contributed by atoms with E-state index >= 15 is 0 Å². The standard InChI is InChI=1S/C13H24F2N2O2/c1-3-16-10-4-5-13(18-6-7-19-13)8-11(10)17(2)9-12(14)15/h10-12,16H,3-9H2,1-2H3. The Morgan fingerprint density at radius 1 is 1.37 bits per heavy atom. The number of nitrogens with zero attached hydrogens (tertiary/aromatic N) is 1. The van der Waals surface area contributed by atoms with Crippen LogP contribution < -0.4 is 5.32 Å². The summed E-state index contributed by atoms with van der Waals surface area (Å²) in [5.74, 6) is -0.535. The van der Waals surface area contributed by atoms with Crippen molar-refractivity contribution in [1.82, 2.24) is 10.2 Å². The van der Waals surface area contributed by atoms with Gasteiger partial charge in [-0.25, -0.2) is 8.78 Å². The fraction of sp³-hybridized carbons (Fsp3) is 1.00. The second-order valence-electron chi connectivity index (χ2n) is 5.41. The molecule has 1 saturated carbocycles. The van der Waals surface area contributed by atoms with Gasteiger partial charge in [0.1, 0.15) is 0 Å². The molecule has 0 aromatic heterocycles. The average molecular weight is 278 g/mol. The van der Waals surface area contributed by atoms with Gasteiger partial charge in [-0.15, -0.1) is 0 Å². The van der Waals surface area contributed by atoms with E-state index in [4.69, 9.17) is 9.47 Å². The molecule has 19 heavy (non-hydrogen) atoms. The Morgan fingerprint density at radius 2 is 2.05 bits per heavy atom. The van der Waals surface area contributed by atoms with Crippen molar-refractivity contribution in [2.75, 3.05) is 33.4 Å². The molecule has 0 radical (unpaired) electrons. The van der Waals surface area contributed by atoms with Crippen LogP contribution in [0.15, 0.2) is 0 Å². The maximum Gasteiger partial charge on any atom is 0.251 e. The third-order valence-electron chi connectivity index (χ3n) is 4.09. The van der Waals surface area contributed by atoms with E-state index < -0.39 is 12.2 Å². The van der Waals surface area contributed by atoms with Crippen LogP contribution in [0.5, 0.6) is 0 Å². The lowest BCUT2D eigenvalue weighted by Crippen LogP contribution is -2.57. The van der Waals surface area contributed by atoms with Gasteiger partial charge >= 0.3 is 0 Å². The van der Waals surface area contributed by atoms with Crippen LogP contribution in [-0.2, 0) is 9.47 Å². The van der Waals surface area contributed by atoms with E-state index in [1.807, 2.05) is 6.92 Å². The summed E-state index contributed by atoms with van der Waals surface area (Å²) < 4.78 is 36.7. The summed E-state index contributed by atoms with van der Waals surface area (Å²) in [5.41, 5.74) is 0. The minimum Gasteiger partial charge on any atom is -0.347 e. The molecular weight excluding hydrogens is 254 g/mol. The van der Waals surface area contributed by atoms with Gasteiger partial charge in [0, 0.05) is 24.9 Å². The first-order chi connectivity index (χ1) is 9.06. The smallest absolute Gasteiger partial charge is 0.251 e. The molecule has 1 spiro atoms. The van der Waals surface area contributed by atoms with E-state index in [9.17, 15) is 8.78 Å². The molecular formula is C13H24F2N2O2. The summed E-state index contributed by atoms with van der Waals surface area (Å²) in [7, 11) is 1.76. The summed E-state index contributed by atoms with van der Waals surface area (Å²) in [6, 6.07) is 0.257. The molecule has 2 fully saturated rings. The van der Waals surface area contributed by atoms with Crippen molar-refractivity contribution in [2.24, 2.45) is 0 Å². The Kier molecular flexibility index (Phi) is 5.11. The zero-order valence-electron chi connectivity index (χ0n) is 11.7. The van der Waals surface area contributed by atoms with E-state index in [0.29, 0.717) is 19.6 Å². The summed E-state index contributed by atoms with van der Waals surface area (Å²) in [5, 5.41) is 3.40. The second kappa shape index (κ2) is 6.43. The highest BCUT2D eigenvalue weighted by Gasteiger charge is 2.46. The van der Waals surface area contributed by atoms with Crippen molar-refractivity contribution in [3.63, 3.8) is 0 Å². The summed E-state index contributed by atoms with van der Waals surface area (Å²) >= 11 is 0. The molecule has 0 amide bonds. The topological polar surface area (TPSA) is 33.7 Å². The van der Waals surface area contributed by atoms with Gasteiger partial charge in [0.05, 0.1) is 19.8 Å². The predicted molar refractivity (Wildman–Crippen MR) is 68.4 cm³/mol. The zero-order chi connectivity index (χ0) is 13.9. The fourth-order valence-electron chi connectivity index (χ4n) is 3.21. The first-order valence-electron chi connectivity index (χ1n) is 7.06.